The predicted octanol–water partition coefficient (Wildman–Crippen LogP) is 2.50. The Kier molecular flexibility index (Phi) is 6.00. The molecule has 0 spiro atoms. The lowest BCUT2D eigenvalue weighted by atomic mass is 10.1. The summed E-state index contributed by atoms with van der Waals surface area (Å²) in [6, 6.07) is 5.95. The van der Waals surface area contributed by atoms with Crippen LogP contribution in [0.2, 0.25) is 0 Å². The molecule has 1 atom stereocenters. The van der Waals surface area contributed by atoms with Gasteiger partial charge in [-0.1, -0.05) is 23.5 Å². The van der Waals surface area contributed by atoms with Crippen molar-refractivity contribution in [3.05, 3.63) is 40.7 Å². The number of likely N-dealkylation sites (N-methyl/N-ethyl adjacent to an activating group) is 1. The molecule has 6 nitrogen and oxygen atoms in total. The Morgan fingerprint density at radius 3 is 2.91 bits per heavy atom. The zero-order valence-corrected chi connectivity index (χ0v) is 13.8. The highest BCUT2D eigenvalue weighted by molar-refractivity contribution is 7.15. The molecule has 0 fully saturated rings. The maximum absolute atomic E-state index is 13.2. The number of aliphatic hydroxyl groups is 1. The first kappa shape index (κ1) is 17.3. The van der Waals surface area contributed by atoms with Crippen molar-refractivity contribution in [3.63, 3.8) is 0 Å². The van der Waals surface area contributed by atoms with Crippen LogP contribution in [0.25, 0.3) is 0 Å². The number of aliphatic hydroxyl groups excluding tert-OH is 1. The van der Waals surface area contributed by atoms with E-state index in [0.29, 0.717) is 23.1 Å². The van der Waals surface area contributed by atoms with Gasteiger partial charge in [0.25, 0.3) is 0 Å². The van der Waals surface area contributed by atoms with Crippen LogP contribution in [-0.2, 0) is 6.42 Å². The molecule has 124 valence electrons. The summed E-state index contributed by atoms with van der Waals surface area (Å²) in [6.45, 7) is 4.18. The van der Waals surface area contributed by atoms with E-state index in [-0.39, 0.29) is 18.4 Å². The molecule has 2 aromatic rings. The van der Waals surface area contributed by atoms with E-state index < -0.39 is 6.10 Å². The minimum Gasteiger partial charge on any atom is -0.392 e. The molecule has 1 aromatic heterocycles. The summed E-state index contributed by atoms with van der Waals surface area (Å²) in [4.78, 5) is 13.6. The van der Waals surface area contributed by atoms with E-state index >= 15 is 0 Å². The number of halogens is 1. The lowest BCUT2D eigenvalue weighted by Gasteiger charge is -2.21. The molecule has 2 amide bonds. The summed E-state index contributed by atoms with van der Waals surface area (Å²) in [5, 5.41) is 21.0. The van der Waals surface area contributed by atoms with E-state index in [4.69, 9.17) is 0 Å². The van der Waals surface area contributed by atoms with Crippen LogP contribution in [0.5, 0.6) is 0 Å². The molecule has 0 saturated heterocycles. The highest BCUT2D eigenvalue weighted by atomic mass is 32.1. The maximum Gasteiger partial charge on any atom is 0.323 e. The van der Waals surface area contributed by atoms with E-state index in [0.717, 1.165) is 5.56 Å². The van der Waals surface area contributed by atoms with Gasteiger partial charge in [-0.3, -0.25) is 5.32 Å². The lowest BCUT2D eigenvalue weighted by molar-refractivity contribution is 0.141. The predicted molar refractivity (Wildman–Crippen MR) is 87.1 cm³/mol. The molecule has 0 bridgehead atoms. The van der Waals surface area contributed by atoms with Crippen molar-refractivity contribution in [3.8, 4) is 0 Å². The molecule has 1 heterocycles. The Labute approximate surface area is 138 Å². The molecule has 8 heteroatoms. The van der Waals surface area contributed by atoms with E-state index in [1.54, 1.807) is 13.0 Å². The average molecular weight is 338 g/mol. The second-order valence-electron chi connectivity index (χ2n) is 5.13. The van der Waals surface area contributed by atoms with Gasteiger partial charge in [-0.15, -0.1) is 10.2 Å². The number of benzene rings is 1. The number of nitrogens with one attached hydrogen (secondary N) is 1. The van der Waals surface area contributed by atoms with Crippen molar-refractivity contribution >= 4 is 22.5 Å². The molecule has 0 aliphatic carbocycles. The summed E-state index contributed by atoms with van der Waals surface area (Å²) >= 11 is 1.24. The Hall–Kier alpha value is -2.06. The number of urea groups is 1. The first-order valence-corrected chi connectivity index (χ1v) is 8.10. The van der Waals surface area contributed by atoms with Crippen molar-refractivity contribution < 1.29 is 14.3 Å². The number of carbonyl (C=O) groups is 1. The van der Waals surface area contributed by atoms with E-state index in [2.05, 4.69) is 15.5 Å². The fraction of sp³-hybridized carbons (Fsp3) is 0.400. The van der Waals surface area contributed by atoms with Crippen LogP contribution in [0.15, 0.2) is 24.3 Å². The molecule has 0 radical (unpaired) electrons. The number of hydrogen-bond acceptors (Lipinski definition) is 5. The van der Waals surface area contributed by atoms with Crippen LogP contribution >= 0.6 is 11.3 Å². The minimum atomic E-state index is -0.598. The Morgan fingerprint density at radius 2 is 2.26 bits per heavy atom. The van der Waals surface area contributed by atoms with Gasteiger partial charge in [0.1, 0.15) is 10.8 Å². The van der Waals surface area contributed by atoms with Gasteiger partial charge in [0.05, 0.1) is 6.10 Å². The van der Waals surface area contributed by atoms with E-state index in [9.17, 15) is 14.3 Å². The highest BCUT2D eigenvalue weighted by Crippen LogP contribution is 2.19. The van der Waals surface area contributed by atoms with Gasteiger partial charge < -0.3 is 10.0 Å². The quantitative estimate of drug-likeness (QED) is 0.848. The number of nitrogens with zero attached hydrogens (tertiary/aromatic N) is 3. The van der Waals surface area contributed by atoms with Gasteiger partial charge in [0.15, 0.2) is 0 Å². The van der Waals surface area contributed by atoms with Gasteiger partial charge >= 0.3 is 6.03 Å². The molecule has 23 heavy (non-hydrogen) atoms. The number of carbonyl (C=O) groups excluding carboxylic acids is 1. The number of amides is 2. The molecular weight excluding hydrogens is 319 g/mol. The molecule has 0 unspecified atom stereocenters. The van der Waals surface area contributed by atoms with Gasteiger partial charge in [0, 0.05) is 19.5 Å². The molecular formula is C15H19FN4O2S. The van der Waals surface area contributed by atoms with Gasteiger partial charge in [-0.2, -0.15) is 0 Å². The average Bonchev–Trinajstić information content (AvgIpc) is 2.91. The van der Waals surface area contributed by atoms with Crippen LogP contribution < -0.4 is 5.32 Å². The molecule has 2 rings (SSSR count). The zero-order valence-electron chi connectivity index (χ0n) is 13.0. The van der Waals surface area contributed by atoms with Crippen LogP contribution in [-0.4, -0.2) is 45.4 Å². The monoisotopic (exact) mass is 338 g/mol. The number of aromatic nitrogens is 2. The summed E-state index contributed by atoms with van der Waals surface area (Å²) < 4.78 is 13.2. The topological polar surface area (TPSA) is 78.4 Å². The van der Waals surface area contributed by atoms with Crippen LogP contribution in [0, 0.1) is 5.82 Å². The fourth-order valence-electron chi connectivity index (χ4n) is 2.04. The third kappa shape index (κ3) is 5.26. The first-order valence-electron chi connectivity index (χ1n) is 7.28. The van der Waals surface area contributed by atoms with Crippen molar-refractivity contribution in [2.45, 2.75) is 26.4 Å². The fourth-order valence-corrected chi connectivity index (χ4v) is 2.81. The molecule has 0 saturated carbocycles. The third-order valence-corrected chi connectivity index (χ3v) is 3.92. The standard InChI is InChI=1S/C15H19FN4O2S/c1-3-20(9-10(2)21)15(22)17-14-19-18-13(23-14)8-11-5-4-6-12(16)7-11/h4-7,10,21H,3,8-9H2,1-2H3,(H,17,19,22)/t10-/m0/s1. The molecule has 2 N–H and O–H groups in total. The van der Waals surface area contributed by atoms with Gasteiger partial charge in [0.2, 0.25) is 5.13 Å². The summed E-state index contributed by atoms with van der Waals surface area (Å²) in [5.74, 6) is -0.294. The van der Waals surface area contributed by atoms with Crippen LogP contribution in [0.3, 0.4) is 0 Å². The number of anilines is 1. The van der Waals surface area contributed by atoms with E-state index in [1.807, 2.05) is 13.0 Å². The van der Waals surface area contributed by atoms with Gasteiger partial charge in [-0.25, -0.2) is 9.18 Å². The Balaban J connectivity index is 1.97. The molecule has 1 aromatic carbocycles. The van der Waals surface area contributed by atoms with Crippen molar-refractivity contribution in [1.82, 2.24) is 15.1 Å². The summed E-state index contributed by atoms with van der Waals surface area (Å²) in [5.41, 5.74) is 0.795. The van der Waals surface area contributed by atoms with Crippen LogP contribution in [0.1, 0.15) is 24.4 Å². The second kappa shape index (κ2) is 7.98. The van der Waals surface area contributed by atoms with E-state index in [1.165, 1.54) is 28.4 Å². The second-order valence-corrected chi connectivity index (χ2v) is 6.19. The molecule has 0 aliphatic heterocycles. The molecule has 0 aliphatic rings. The number of hydrogen-bond donors (Lipinski definition) is 2. The zero-order chi connectivity index (χ0) is 16.8. The SMILES string of the molecule is CCN(C[C@H](C)O)C(=O)Nc1nnc(Cc2cccc(F)c2)s1. The largest absolute Gasteiger partial charge is 0.392 e. The maximum atomic E-state index is 13.2. The Morgan fingerprint density at radius 1 is 1.48 bits per heavy atom. The van der Waals surface area contributed by atoms with Crippen LogP contribution in [0.4, 0.5) is 14.3 Å². The Bertz CT molecular complexity index is 662. The third-order valence-electron chi connectivity index (χ3n) is 3.08. The van der Waals surface area contributed by atoms with Crippen molar-refractivity contribution in [1.29, 1.82) is 0 Å². The summed E-state index contributed by atoms with van der Waals surface area (Å²) in [7, 11) is 0. The van der Waals surface area contributed by atoms with Crippen molar-refractivity contribution in [2.75, 3.05) is 18.4 Å². The first-order chi connectivity index (χ1) is 11.0. The summed E-state index contributed by atoms with van der Waals surface area (Å²) in [6.07, 6.45) is -0.144. The van der Waals surface area contributed by atoms with Gasteiger partial charge in [-0.05, 0) is 31.5 Å². The highest BCUT2D eigenvalue weighted by Gasteiger charge is 2.16. The lowest BCUT2D eigenvalue weighted by Crippen LogP contribution is -2.39. The smallest absolute Gasteiger partial charge is 0.323 e. The normalized spacial score (nSPS) is 12.0. The van der Waals surface area contributed by atoms with Crippen molar-refractivity contribution in [2.24, 2.45) is 0 Å². The minimum absolute atomic E-state index is 0.247. The number of rotatable bonds is 6.